The molecule has 2 rings (SSSR count). The zero-order valence-corrected chi connectivity index (χ0v) is 12.1. The monoisotopic (exact) mass is 275 g/mol. The number of esters is 1. The Morgan fingerprint density at radius 3 is 2.30 bits per heavy atom. The van der Waals surface area contributed by atoms with E-state index in [0.29, 0.717) is 6.61 Å². The number of hydrogen-bond acceptors (Lipinski definition) is 4. The van der Waals surface area contributed by atoms with E-state index in [0.717, 1.165) is 37.2 Å². The second kappa shape index (κ2) is 6.55. The average molecular weight is 275 g/mol. The van der Waals surface area contributed by atoms with Crippen molar-refractivity contribution < 1.29 is 14.3 Å². The van der Waals surface area contributed by atoms with Crippen LogP contribution in [0.3, 0.4) is 0 Å². The molecule has 1 aliphatic rings. The fourth-order valence-corrected chi connectivity index (χ4v) is 2.54. The minimum absolute atomic E-state index is 0.0303. The Morgan fingerprint density at radius 2 is 1.80 bits per heavy atom. The predicted molar refractivity (Wildman–Crippen MR) is 78.0 cm³/mol. The Bertz CT molecular complexity index is 473. The first-order chi connectivity index (χ1) is 9.61. The molecule has 1 aromatic rings. The summed E-state index contributed by atoms with van der Waals surface area (Å²) in [6.45, 7) is 5.56. The molecule has 20 heavy (non-hydrogen) atoms. The Kier molecular flexibility index (Phi) is 4.77. The number of hydrogen-bond donors (Lipinski definition) is 0. The molecule has 0 atom stereocenters. The lowest BCUT2D eigenvalue weighted by molar-refractivity contribution is -0.148. The van der Waals surface area contributed by atoms with Crippen molar-refractivity contribution in [1.82, 2.24) is 0 Å². The summed E-state index contributed by atoms with van der Waals surface area (Å²) in [5.41, 5.74) is 1.84. The van der Waals surface area contributed by atoms with Crippen LogP contribution in [0.15, 0.2) is 24.3 Å². The summed E-state index contributed by atoms with van der Waals surface area (Å²) in [6, 6.07) is 7.66. The van der Waals surface area contributed by atoms with Gasteiger partial charge in [0, 0.05) is 24.3 Å². The molecular weight excluding hydrogens is 254 g/mol. The Labute approximate surface area is 119 Å². The summed E-state index contributed by atoms with van der Waals surface area (Å²) in [6.07, 6.45) is 1.65. The van der Waals surface area contributed by atoms with E-state index in [1.54, 1.807) is 6.92 Å². The maximum absolute atomic E-state index is 11.7. The first kappa shape index (κ1) is 14.6. The number of rotatable bonds is 4. The number of carbonyl (C=O) groups is 2. The third kappa shape index (κ3) is 3.38. The summed E-state index contributed by atoms with van der Waals surface area (Å²) in [5.74, 6) is 0.0411. The molecule has 0 spiro atoms. The van der Waals surface area contributed by atoms with Crippen molar-refractivity contribution >= 4 is 17.4 Å². The van der Waals surface area contributed by atoms with Gasteiger partial charge in [0.25, 0.3) is 0 Å². The number of ether oxygens (including phenoxy) is 1. The standard InChI is InChI=1S/C16H21NO3/c1-3-20-16(19)14-8-10-17(11-9-14)15-6-4-13(5-7-15)12(2)18/h4-7,14H,3,8-11H2,1-2H3. The lowest BCUT2D eigenvalue weighted by Crippen LogP contribution is -2.36. The molecule has 4 nitrogen and oxygen atoms in total. The fraction of sp³-hybridized carbons (Fsp3) is 0.500. The number of benzene rings is 1. The maximum Gasteiger partial charge on any atom is 0.309 e. The van der Waals surface area contributed by atoms with E-state index in [1.165, 1.54) is 0 Å². The number of ketones is 1. The molecule has 0 unspecified atom stereocenters. The van der Waals surface area contributed by atoms with Gasteiger partial charge in [0.1, 0.15) is 0 Å². The third-order valence-electron chi connectivity index (χ3n) is 3.75. The van der Waals surface area contributed by atoms with Crippen molar-refractivity contribution in [2.24, 2.45) is 5.92 Å². The quantitative estimate of drug-likeness (QED) is 0.626. The summed E-state index contributed by atoms with van der Waals surface area (Å²) in [4.78, 5) is 25.2. The number of anilines is 1. The van der Waals surface area contributed by atoms with Crippen LogP contribution in [-0.4, -0.2) is 31.4 Å². The number of carbonyl (C=O) groups excluding carboxylic acids is 2. The highest BCUT2D eigenvalue weighted by molar-refractivity contribution is 5.94. The van der Waals surface area contributed by atoms with Crippen LogP contribution in [0.4, 0.5) is 5.69 Å². The lowest BCUT2D eigenvalue weighted by Gasteiger charge is -2.32. The van der Waals surface area contributed by atoms with Crippen LogP contribution in [0.25, 0.3) is 0 Å². The smallest absolute Gasteiger partial charge is 0.309 e. The third-order valence-corrected chi connectivity index (χ3v) is 3.75. The van der Waals surface area contributed by atoms with E-state index in [9.17, 15) is 9.59 Å². The minimum atomic E-state index is -0.0703. The zero-order chi connectivity index (χ0) is 14.5. The Morgan fingerprint density at radius 1 is 1.20 bits per heavy atom. The molecule has 0 saturated carbocycles. The van der Waals surface area contributed by atoms with Crippen LogP contribution in [-0.2, 0) is 9.53 Å². The van der Waals surface area contributed by atoms with E-state index in [4.69, 9.17) is 4.74 Å². The van der Waals surface area contributed by atoms with Crippen LogP contribution in [0.1, 0.15) is 37.0 Å². The molecule has 0 bridgehead atoms. The molecule has 4 heteroatoms. The molecule has 0 aromatic heterocycles. The van der Waals surface area contributed by atoms with Gasteiger partial charge in [0.05, 0.1) is 12.5 Å². The SMILES string of the molecule is CCOC(=O)C1CCN(c2ccc(C(C)=O)cc2)CC1. The van der Waals surface area contributed by atoms with Gasteiger partial charge in [-0.1, -0.05) is 0 Å². The highest BCUT2D eigenvalue weighted by atomic mass is 16.5. The summed E-state index contributed by atoms with van der Waals surface area (Å²) in [7, 11) is 0. The lowest BCUT2D eigenvalue weighted by atomic mass is 9.96. The molecule has 1 fully saturated rings. The van der Waals surface area contributed by atoms with E-state index in [1.807, 2.05) is 31.2 Å². The highest BCUT2D eigenvalue weighted by Gasteiger charge is 2.25. The number of nitrogens with zero attached hydrogens (tertiary/aromatic N) is 1. The summed E-state index contributed by atoms with van der Waals surface area (Å²) in [5, 5.41) is 0. The van der Waals surface area contributed by atoms with Gasteiger partial charge in [-0.15, -0.1) is 0 Å². The molecule has 0 N–H and O–H groups in total. The molecule has 1 aliphatic heterocycles. The largest absolute Gasteiger partial charge is 0.466 e. The fourth-order valence-electron chi connectivity index (χ4n) is 2.54. The van der Waals surface area contributed by atoms with Crippen LogP contribution in [0.2, 0.25) is 0 Å². The van der Waals surface area contributed by atoms with Gasteiger partial charge < -0.3 is 9.64 Å². The summed E-state index contributed by atoms with van der Waals surface area (Å²) < 4.78 is 5.07. The summed E-state index contributed by atoms with van der Waals surface area (Å²) >= 11 is 0. The van der Waals surface area contributed by atoms with Gasteiger partial charge in [-0.05, 0) is 51.0 Å². The second-order valence-electron chi connectivity index (χ2n) is 5.12. The molecular formula is C16H21NO3. The van der Waals surface area contributed by atoms with Crippen molar-refractivity contribution in [3.63, 3.8) is 0 Å². The number of piperidine rings is 1. The predicted octanol–water partition coefficient (Wildman–Crippen LogP) is 2.67. The van der Waals surface area contributed by atoms with Crippen molar-refractivity contribution in [2.45, 2.75) is 26.7 Å². The topological polar surface area (TPSA) is 46.6 Å². The van der Waals surface area contributed by atoms with E-state index >= 15 is 0 Å². The molecule has 1 aromatic carbocycles. The van der Waals surface area contributed by atoms with Crippen LogP contribution in [0.5, 0.6) is 0 Å². The van der Waals surface area contributed by atoms with E-state index < -0.39 is 0 Å². The second-order valence-corrected chi connectivity index (χ2v) is 5.12. The van der Waals surface area contributed by atoms with Gasteiger partial charge in [-0.3, -0.25) is 9.59 Å². The maximum atomic E-state index is 11.7. The van der Waals surface area contributed by atoms with Crippen LogP contribution >= 0.6 is 0 Å². The van der Waals surface area contributed by atoms with Crippen LogP contribution in [0, 0.1) is 5.92 Å². The van der Waals surface area contributed by atoms with Crippen molar-refractivity contribution in [1.29, 1.82) is 0 Å². The minimum Gasteiger partial charge on any atom is -0.466 e. The average Bonchev–Trinajstić information content (AvgIpc) is 2.48. The van der Waals surface area contributed by atoms with Gasteiger partial charge in [0.2, 0.25) is 0 Å². The Hall–Kier alpha value is -1.84. The zero-order valence-electron chi connectivity index (χ0n) is 12.1. The van der Waals surface area contributed by atoms with Crippen molar-refractivity contribution in [3.05, 3.63) is 29.8 Å². The first-order valence-electron chi connectivity index (χ1n) is 7.14. The van der Waals surface area contributed by atoms with E-state index in [-0.39, 0.29) is 17.7 Å². The van der Waals surface area contributed by atoms with Crippen molar-refractivity contribution in [2.75, 3.05) is 24.6 Å². The highest BCUT2D eigenvalue weighted by Crippen LogP contribution is 2.24. The molecule has 0 amide bonds. The molecule has 1 saturated heterocycles. The van der Waals surface area contributed by atoms with Gasteiger partial charge in [-0.2, -0.15) is 0 Å². The van der Waals surface area contributed by atoms with Crippen LogP contribution < -0.4 is 4.90 Å². The Balaban J connectivity index is 1.93. The molecule has 1 heterocycles. The normalized spacial score (nSPS) is 16.0. The molecule has 0 aliphatic carbocycles. The van der Waals surface area contributed by atoms with Crippen molar-refractivity contribution in [3.8, 4) is 0 Å². The van der Waals surface area contributed by atoms with Gasteiger partial charge in [-0.25, -0.2) is 0 Å². The van der Waals surface area contributed by atoms with E-state index in [2.05, 4.69) is 4.90 Å². The first-order valence-corrected chi connectivity index (χ1v) is 7.14. The number of Topliss-reactive ketones (excluding diaryl/α,β-unsaturated/α-hetero) is 1. The van der Waals surface area contributed by atoms with Gasteiger partial charge in [0.15, 0.2) is 5.78 Å². The van der Waals surface area contributed by atoms with Gasteiger partial charge >= 0.3 is 5.97 Å². The molecule has 0 radical (unpaired) electrons. The molecule has 108 valence electrons.